The number of nitrogens with two attached hydrogens (primary N) is 1. The van der Waals surface area contributed by atoms with Gasteiger partial charge in [-0.05, 0) is 22.9 Å². The Hall–Kier alpha value is -1.75. The number of carboxylic acids is 1. The van der Waals surface area contributed by atoms with Gasteiger partial charge in [-0.3, -0.25) is 4.79 Å². The lowest BCUT2D eigenvalue weighted by Crippen LogP contribution is -2.25. The summed E-state index contributed by atoms with van der Waals surface area (Å²) >= 11 is 0. The van der Waals surface area contributed by atoms with Crippen molar-refractivity contribution in [1.82, 2.24) is 0 Å². The van der Waals surface area contributed by atoms with Gasteiger partial charge in [0.2, 0.25) is 0 Å². The molecule has 1 aromatic rings. The second-order valence-corrected chi connectivity index (χ2v) is 3.34. The first kappa shape index (κ1) is 11.3. The van der Waals surface area contributed by atoms with Crippen molar-refractivity contribution in [1.29, 1.82) is 0 Å². The first-order valence-corrected chi connectivity index (χ1v) is 4.48. The first-order chi connectivity index (χ1) is 7.06. The van der Waals surface area contributed by atoms with Gasteiger partial charge in [0.05, 0.1) is 5.92 Å². The van der Waals surface area contributed by atoms with Crippen molar-refractivity contribution in [3.8, 4) is 0 Å². The molecule has 0 aliphatic heterocycles. The molecule has 0 amide bonds. The van der Waals surface area contributed by atoms with E-state index in [1.54, 1.807) is 19.1 Å². The highest BCUT2D eigenvalue weighted by Gasteiger charge is 2.21. The fraction of sp³-hybridized carbons (Fsp3) is 0.300. The average molecular weight is 208 g/mol. The standard InChI is InChI=1S/C10H12N2O3/c1-6(10(13)14)9(11)7-2-4-8(12-15)5-3-7/h2-6,9H,11H2,1H3,(H,13,14)/t6-,9-/m0/s1. The van der Waals surface area contributed by atoms with Gasteiger partial charge >= 0.3 is 5.97 Å². The lowest BCUT2D eigenvalue weighted by Gasteiger charge is -2.16. The number of hydrogen-bond donors (Lipinski definition) is 2. The minimum absolute atomic E-state index is 0.300. The number of carboxylic acid groups (broad SMARTS) is 1. The van der Waals surface area contributed by atoms with Crippen molar-refractivity contribution in [2.75, 3.05) is 0 Å². The van der Waals surface area contributed by atoms with Crippen LogP contribution >= 0.6 is 0 Å². The summed E-state index contributed by atoms with van der Waals surface area (Å²) in [6.45, 7) is 1.54. The maximum absolute atomic E-state index is 10.7. The number of rotatable bonds is 4. The van der Waals surface area contributed by atoms with Crippen LogP contribution in [0.4, 0.5) is 5.69 Å². The van der Waals surface area contributed by atoms with Gasteiger partial charge in [0.15, 0.2) is 0 Å². The van der Waals surface area contributed by atoms with E-state index < -0.39 is 17.9 Å². The smallest absolute Gasteiger partial charge is 0.308 e. The van der Waals surface area contributed by atoms with Gasteiger partial charge < -0.3 is 10.8 Å². The Morgan fingerprint density at radius 2 is 1.93 bits per heavy atom. The van der Waals surface area contributed by atoms with Crippen LogP contribution in [-0.2, 0) is 4.79 Å². The minimum Gasteiger partial charge on any atom is -0.481 e. The summed E-state index contributed by atoms with van der Waals surface area (Å²) in [5, 5.41) is 11.5. The third kappa shape index (κ3) is 2.60. The van der Waals surface area contributed by atoms with Gasteiger partial charge in [0, 0.05) is 6.04 Å². The Bertz CT molecular complexity index is 361. The summed E-state index contributed by atoms with van der Waals surface area (Å²) in [4.78, 5) is 20.8. The van der Waals surface area contributed by atoms with Gasteiger partial charge in [0.1, 0.15) is 5.69 Å². The van der Waals surface area contributed by atoms with Crippen LogP contribution in [-0.4, -0.2) is 11.1 Å². The zero-order valence-electron chi connectivity index (χ0n) is 8.25. The van der Waals surface area contributed by atoms with Crippen LogP contribution in [0.25, 0.3) is 0 Å². The largest absolute Gasteiger partial charge is 0.481 e. The third-order valence-corrected chi connectivity index (χ3v) is 2.31. The van der Waals surface area contributed by atoms with Crippen LogP contribution in [0.1, 0.15) is 18.5 Å². The number of aliphatic carboxylic acids is 1. The van der Waals surface area contributed by atoms with Crippen molar-refractivity contribution < 1.29 is 9.90 Å². The summed E-state index contributed by atoms with van der Waals surface area (Å²) < 4.78 is 0. The van der Waals surface area contributed by atoms with Crippen LogP contribution in [0.15, 0.2) is 29.4 Å². The highest BCUT2D eigenvalue weighted by Crippen LogP contribution is 2.22. The van der Waals surface area contributed by atoms with Gasteiger partial charge in [-0.25, -0.2) is 0 Å². The molecule has 0 saturated heterocycles. The zero-order valence-corrected chi connectivity index (χ0v) is 8.25. The molecule has 1 rings (SSSR count). The molecule has 1 aromatic carbocycles. The molecule has 0 radical (unpaired) electrons. The van der Waals surface area contributed by atoms with E-state index in [4.69, 9.17) is 10.8 Å². The second-order valence-electron chi connectivity index (χ2n) is 3.34. The molecule has 0 spiro atoms. The molecule has 80 valence electrons. The molecule has 0 unspecified atom stereocenters. The van der Waals surface area contributed by atoms with Gasteiger partial charge in [-0.1, -0.05) is 19.1 Å². The van der Waals surface area contributed by atoms with Crippen LogP contribution in [0.3, 0.4) is 0 Å². The van der Waals surface area contributed by atoms with E-state index in [0.29, 0.717) is 11.3 Å². The monoisotopic (exact) mass is 208 g/mol. The van der Waals surface area contributed by atoms with Gasteiger partial charge in [-0.15, -0.1) is 4.91 Å². The van der Waals surface area contributed by atoms with Gasteiger partial charge in [-0.2, -0.15) is 0 Å². The molecular formula is C10H12N2O3. The predicted molar refractivity (Wildman–Crippen MR) is 55.6 cm³/mol. The molecule has 0 bridgehead atoms. The molecule has 5 nitrogen and oxygen atoms in total. The van der Waals surface area contributed by atoms with Crippen molar-refractivity contribution in [3.05, 3.63) is 34.7 Å². The quantitative estimate of drug-likeness (QED) is 0.738. The third-order valence-electron chi connectivity index (χ3n) is 2.31. The number of nitrogens with zero attached hydrogens (tertiary/aromatic N) is 1. The SMILES string of the molecule is C[C@H](C(=O)O)[C@H](N)c1ccc(N=O)cc1. The van der Waals surface area contributed by atoms with Crippen molar-refractivity contribution in [3.63, 3.8) is 0 Å². The molecule has 3 N–H and O–H groups in total. The topological polar surface area (TPSA) is 92.8 Å². The Balaban J connectivity index is 2.86. The zero-order chi connectivity index (χ0) is 11.4. The molecule has 0 aliphatic carbocycles. The first-order valence-electron chi connectivity index (χ1n) is 4.48. The molecule has 0 heterocycles. The van der Waals surface area contributed by atoms with E-state index >= 15 is 0 Å². The summed E-state index contributed by atoms with van der Waals surface area (Å²) in [6, 6.07) is 5.66. The van der Waals surface area contributed by atoms with E-state index in [2.05, 4.69) is 5.18 Å². The van der Waals surface area contributed by atoms with E-state index in [0.717, 1.165) is 0 Å². The molecule has 2 atom stereocenters. The molecule has 15 heavy (non-hydrogen) atoms. The van der Waals surface area contributed by atoms with E-state index in [-0.39, 0.29) is 0 Å². The van der Waals surface area contributed by atoms with Crippen LogP contribution in [0.5, 0.6) is 0 Å². The van der Waals surface area contributed by atoms with Crippen molar-refractivity contribution in [2.24, 2.45) is 16.8 Å². The Morgan fingerprint density at radius 1 is 1.40 bits per heavy atom. The Kier molecular flexibility index (Phi) is 3.51. The highest BCUT2D eigenvalue weighted by atomic mass is 16.4. The second kappa shape index (κ2) is 4.65. The minimum atomic E-state index is -0.944. The summed E-state index contributed by atoms with van der Waals surface area (Å²) in [5.74, 6) is -1.61. The predicted octanol–water partition coefficient (Wildman–Crippen LogP) is 1.80. The maximum atomic E-state index is 10.7. The summed E-state index contributed by atoms with van der Waals surface area (Å²) in [5.41, 5.74) is 6.72. The fourth-order valence-corrected chi connectivity index (χ4v) is 1.20. The number of nitroso groups, excluding NO2 is 1. The molecular weight excluding hydrogens is 196 g/mol. The molecule has 5 heteroatoms. The maximum Gasteiger partial charge on any atom is 0.308 e. The number of carbonyl (C=O) groups is 1. The van der Waals surface area contributed by atoms with Crippen LogP contribution in [0, 0.1) is 10.8 Å². The molecule has 0 fully saturated rings. The Labute approximate surface area is 86.9 Å². The molecule has 0 aliphatic rings. The average Bonchev–Trinajstić information content (AvgIpc) is 2.27. The van der Waals surface area contributed by atoms with Gasteiger partial charge in [0.25, 0.3) is 0 Å². The lowest BCUT2D eigenvalue weighted by atomic mass is 9.95. The van der Waals surface area contributed by atoms with Crippen molar-refractivity contribution in [2.45, 2.75) is 13.0 Å². The molecule has 0 aromatic heterocycles. The summed E-state index contributed by atoms with van der Waals surface area (Å²) in [6.07, 6.45) is 0. The van der Waals surface area contributed by atoms with E-state index in [1.807, 2.05) is 0 Å². The highest BCUT2D eigenvalue weighted by molar-refractivity contribution is 5.70. The lowest BCUT2D eigenvalue weighted by molar-refractivity contribution is -0.141. The van der Waals surface area contributed by atoms with Crippen LogP contribution < -0.4 is 5.73 Å². The Morgan fingerprint density at radius 3 is 2.33 bits per heavy atom. The normalized spacial score (nSPS) is 14.3. The molecule has 0 saturated carbocycles. The van der Waals surface area contributed by atoms with Crippen molar-refractivity contribution >= 4 is 11.7 Å². The number of benzene rings is 1. The fourth-order valence-electron chi connectivity index (χ4n) is 1.20. The summed E-state index contributed by atoms with van der Waals surface area (Å²) in [7, 11) is 0. The number of hydrogen-bond acceptors (Lipinski definition) is 4. The van der Waals surface area contributed by atoms with E-state index in [1.165, 1.54) is 12.1 Å². The van der Waals surface area contributed by atoms with E-state index in [9.17, 15) is 9.70 Å². The van der Waals surface area contributed by atoms with Crippen LogP contribution in [0.2, 0.25) is 0 Å².